The maximum atomic E-state index is 13.2. The van der Waals surface area contributed by atoms with Crippen molar-refractivity contribution in [2.45, 2.75) is 31.6 Å². The number of nitrogens with zero attached hydrogens (tertiary/aromatic N) is 1. The summed E-state index contributed by atoms with van der Waals surface area (Å²) < 4.78 is 27.6. The van der Waals surface area contributed by atoms with Crippen LogP contribution in [0.5, 0.6) is 0 Å². The molecule has 0 aliphatic carbocycles. The number of carboxylic acid groups (broad SMARTS) is 1. The number of rotatable bonds is 7. The Hall–Kier alpha value is -1.76. The second-order valence-corrected chi connectivity index (χ2v) is 8.67. The molecule has 0 fully saturated rings. The van der Waals surface area contributed by atoms with Crippen LogP contribution in [-0.2, 0) is 14.8 Å². The lowest BCUT2D eigenvalue weighted by molar-refractivity contribution is -0.137. The third kappa shape index (κ3) is 4.90. The summed E-state index contributed by atoms with van der Waals surface area (Å²) in [6.07, 6.45) is 0.0566. The van der Waals surface area contributed by atoms with E-state index in [4.69, 9.17) is 28.3 Å². The molecular formula is C18H19Cl2NO4S. The van der Waals surface area contributed by atoms with E-state index in [1.807, 2.05) is 19.9 Å². The van der Waals surface area contributed by atoms with Gasteiger partial charge in [-0.25, -0.2) is 8.42 Å². The van der Waals surface area contributed by atoms with Gasteiger partial charge in [0.2, 0.25) is 0 Å². The van der Waals surface area contributed by atoms with Crippen LogP contribution in [0.25, 0.3) is 0 Å². The summed E-state index contributed by atoms with van der Waals surface area (Å²) >= 11 is 11.9. The first-order chi connectivity index (χ1) is 12.1. The van der Waals surface area contributed by atoms with Crippen molar-refractivity contribution >= 4 is 44.9 Å². The van der Waals surface area contributed by atoms with Gasteiger partial charge in [0, 0.05) is 13.0 Å². The molecule has 0 aliphatic rings. The van der Waals surface area contributed by atoms with Crippen molar-refractivity contribution < 1.29 is 18.3 Å². The normalized spacial score (nSPS) is 11.4. The molecule has 0 atom stereocenters. The van der Waals surface area contributed by atoms with Gasteiger partial charge in [0.1, 0.15) is 0 Å². The number of aliphatic carboxylic acids is 1. The van der Waals surface area contributed by atoms with Crippen LogP contribution in [0.1, 0.15) is 24.0 Å². The molecule has 8 heteroatoms. The molecule has 2 aromatic rings. The summed E-state index contributed by atoms with van der Waals surface area (Å²) in [5.74, 6) is -0.975. The molecule has 2 rings (SSSR count). The number of benzene rings is 2. The minimum Gasteiger partial charge on any atom is -0.481 e. The Labute approximate surface area is 163 Å². The van der Waals surface area contributed by atoms with E-state index < -0.39 is 16.0 Å². The van der Waals surface area contributed by atoms with E-state index in [0.717, 1.165) is 11.1 Å². The summed E-state index contributed by atoms with van der Waals surface area (Å²) in [5, 5.41) is 9.27. The topological polar surface area (TPSA) is 74.7 Å². The van der Waals surface area contributed by atoms with E-state index in [2.05, 4.69) is 0 Å². The SMILES string of the molecule is Cc1cc(C)cc(N(CCCC(=O)O)S(=O)(=O)c2ccc(Cl)c(Cl)c2)c1. The molecule has 5 nitrogen and oxygen atoms in total. The Kier molecular flexibility index (Phi) is 6.55. The zero-order chi connectivity index (χ0) is 19.5. The van der Waals surface area contributed by atoms with Gasteiger partial charge in [-0.1, -0.05) is 29.3 Å². The van der Waals surface area contributed by atoms with Crippen molar-refractivity contribution in [3.8, 4) is 0 Å². The highest BCUT2D eigenvalue weighted by molar-refractivity contribution is 7.92. The van der Waals surface area contributed by atoms with Crippen LogP contribution in [0.15, 0.2) is 41.3 Å². The van der Waals surface area contributed by atoms with E-state index in [9.17, 15) is 13.2 Å². The van der Waals surface area contributed by atoms with Crippen molar-refractivity contribution in [1.29, 1.82) is 0 Å². The largest absolute Gasteiger partial charge is 0.481 e. The molecule has 0 unspecified atom stereocenters. The number of halogens is 2. The predicted octanol–water partition coefficient (Wildman–Crippen LogP) is 4.67. The van der Waals surface area contributed by atoms with Crippen LogP contribution in [0.4, 0.5) is 5.69 Å². The maximum absolute atomic E-state index is 13.2. The number of hydrogen-bond acceptors (Lipinski definition) is 3. The summed E-state index contributed by atoms with van der Waals surface area (Å²) in [7, 11) is -3.93. The minimum atomic E-state index is -3.93. The molecule has 0 heterocycles. The molecular weight excluding hydrogens is 397 g/mol. The van der Waals surface area contributed by atoms with Crippen LogP contribution in [-0.4, -0.2) is 26.0 Å². The average molecular weight is 416 g/mol. The summed E-state index contributed by atoms with van der Waals surface area (Å²) in [4.78, 5) is 10.8. The van der Waals surface area contributed by atoms with Crippen molar-refractivity contribution in [2.24, 2.45) is 0 Å². The lowest BCUT2D eigenvalue weighted by Gasteiger charge is -2.25. The third-order valence-corrected chi connectivity index (χ3v) is 6.29. The van der Waals surface area contributed by atoms with Gasteiger partial charge in [-0.05, 0) is 61.7 Å². The molecule has 0 bridgehead atoms. The number of sulfonamides is 1. The Balaban J connectivity index is 2.50. The van der Waals surface area contributed by atoms with Crippen molar-refractivity contribution in [3.05, 3.63) is 57.6 Å². The second kappa shape index (κ2) is 8.29. The molecule has 0 spiro atoms. The Morgan fingerprint density at radius 2 is 1.65 bits per heavy atom. The average Bonchev–Trinajstić information content (AvgIpc) is 2.52. The van der Waals surface area contributed by atoms with Crippen LogP contribution in [0, 0.1) is 13.8 Å². The quantitative estimate of drug-likeness (QED) is 0.712. The zero-order valence-electron chi connectivity index (χ0n) is 14.4. The second-order valence-electron chi connectivity index (χ2n) is 6.00. The molecule has 0 saturated carbocycles. The Bertz CT molecular complexity index is 909. The van der Waals surface area contributed by atoms with Gasteiger partial charge < -0.3 is 5.11 Å². The molecule has 2 aromatic carbocycles. The molecule has 0 radical (unpaired) electrons. The van der Waals surface area contributed by atoms with Crippen LogP contribution in [0.2, 0.25) is 10.0 Å². The van der Waals surface area contributed by atoms with Gasteiger partial charge in [0.05, 0.1) is 20.6 Å². The minimum absolute atomic E-state index is 0.00128. The maximum Gasteiger partial charge on any atom is 0.303 e. The molecule has 0 aliphatic heterocycles. The summed E-state index contributed by atoms with van der Waals surface area (Å²) in [6, 6.07) is 9.55. The third-order valence-electron chi connectivity index (χ3n) is 3.73. The lowest BCUT2D eigenvalue weighted by Crippen LogP contribution is -2.32. The highest BCUT2D eigenvalue weighted by atomic mass is 35.5. The first-order valence-corrected chi connectivity index (χ1v) is 10.1. The van der Waals surface area contributed by atoms with E-state index in [-0.39, 0.29) is 34.3 Å². The van der Waals surface area contributed by atoms with Crippen molar-refractivity contribution in [3.63, 3.8) is 0 Å². The smallest absolute Gasteiger partial charge is 0.303 e. The predicted molar refractivity (Wildman–Crippen MR) is 104 cm³/mol. The van der Waals surface area contributed by atoms with Gasteiger partial charge in [-0.15, -0.1) is 0 Å². The highest BCUT2D eigenvalue weighted by Crippen LogP contribution is 2.30. The van der Waals surface area contributed by atoms with E-state index >= 15 is 0 Å². The van der Waals surface area contributed by atoms with Crippen LogP contribution >= 0.6 is 23.2 Å². The van der Waals surface area contributed by atoms with Gasteiger partial charge in [-0.3, -0.25) is 9.10 Å². The van der Waals surface area contributed by atoms with Gasteiger partial charge in [0.15, 0.2) is 0 Å². The number of carboxylic acids is 1. The molecule has 1 N–H and O–H groups in total. The lowest BCUT2D eigenvalue weighted by atomic mass is 10.1. The van der Waals surface area contributed by atoms with Gasteiger partial charge in [-0.2, -0.15) is 0 Å². The fraction of sp³-hybridized carbons (Fsp3) is 0.278. The molecule has 0 aromatic heterocycles. The summed E-state index contributed by atoms with van der Waals surface area (Å²) in [6.45, 7) is 3.78. The van der Waals surface area contributed by atoms with E-state index in [0.29, 0.717) is 5.69 Å². The number of anilines is 1. The fourth-order valence-corrected chi connectivity index (χ4v) is 4.50. The van der Waals surface area contributed by atoms with E-state index in [1.165, 1.54) is 22.5 Å². The Morgan fingerprint density at radius 1 is 1.04 bits per heavy atom. The molecule has 140 valence electrons. The standard InChI is InChI=1S/C18H19Cl2NO4S/c1-12-8-13(2)10-14(9-12)21(7-3-4-18(22)23)26(24,25)15-5-6-16(19)17(20)11-15/h5-6,8-11H,3-4,7H2,1-2H3,(H,22,23). The zero-order valence-corrected chi connectivity index (χ0v) is 16.7. The fourth-order valence-electron chi connectivity index (χ4n) is 2.62. The Morgan fingerprint density at radius 3 is 2.19 bits per heavy atom. The first kappa shape index (κ1) is 20.6. The van der Waals surface area contributed by atoms with Gasteiger partial charge >= 0.3 is 5.97 Å². The number of aryl methyl sites for hydroxylation is 2. The van der Waals surface area contributed by atoms with E-state index in [1.54, 1.807) is 12.1 Å². The van der Waals surface area contributed by atoms with Crippen LogP contribution in [0.3, 0.4) is 0 Å². The number of carbonyl (C=O) groups is 1. The highest BCUT2D eigenvalue weighted by Gasteiger charge is 2.26. The van der Waals surface area contributed by atoms with Crippen LogP contribution < -0.4 is 4.31 Å². The van der Waals surface area contributed by atoms with Crippen molar-refractivity contribution in [2.75, 3.05) is 10.8 Å². The monoisotopic (exact) mass is 415 g/mol. The summed E-state index contributed by atoms with van der Waals surface area (Å²) in [5.41, 5.74) is 2.30. The molecule has 0 saturated heterocycles. The van der Waals surface area contributed by atoms with Gasteiger partial charge in [0.25, 0.3) is 10.0 Å². The molecule has 0 amide bonds. The van der Waals surface area contributed by atoms with Crippen molar-refractivity contribution in [1.82, 2.24) is 0 Å². The first-order valence-electron chi connectivity index (χ1n) is 7.89. The number of hydrogen-bond donors (Lipinski definition) is 1. The molecule has 26 heavy (non-hydrogen) atoms.